The van der Waals surface area contributed by atoms with Crippen LogP contribution in [-0.2, 0) is 26.3 Å². The van der Waals surface area contributed by atoms with E-state index in [1.54, 1.807) is 11.3 Å². The Labute approximate surface area is 166 Å². The molecule has 3 rings (SSSR count). The van der Waals surface area contributed by atoms with Crippen LogP contribution in [0.15, 0.2) is 35.0 Å². The number of carbonyl (C=O) groups excluding carboxylic acids is 3. The fraction of sp³-hybridized carbons (Fsp3) is 0.421. The summed E-state index contributed by atoms with van der Waals surface area (Å²) in [7, 11) is 0. The van der Waals surface area contributed by atoms with Gasteiger partial charge in [-0.2, -0.15) is 0 Å². The normalized spacial score (nSPS) is 15.3. The molecule has 0 radical (unpaired) electrons. The average molecular weight is 406 g/mol. The van der Waals surface area contributed by atoms with E-state index in [4.69, 9.17) is 0 Å². The third-order valence-electron chi connectivity index (χ3n) is 4.85. The van der Waals surface area contributed by atoms with Crippen molar-refractivity contribution < 1.29 is 14.4 Å². The van der Waals surface area contributed by atoms with Crippen LogP contribution in [0.3, 0.4) is 0 Å². The van der Waals surface area contributed by atoms with Crippen LogP contribution in [0.5, 0.6) is 0 Å². The highest BCUT2D eigenvalue weighted by Crippen LogP contribution is 2.42. The molecule has 3 N–H and O–H groups in total. The second-order valence-corrected chi connectivity index (χ2v) is 8.67. The van der Waals surface area contributed by atoms with E-state index in [1.165, 1.54) is 16.2 Å². The predicted octanol–water partition coefficient (Wildman–Crippen LogP) is 2.17. The third-order valence-corrected chi connectivity index (χ3v) is 6.84. The molecule has 0 atom stereocenters. The first-order chi connectivity index (χ1) is 13.1. The van der Waals surface area contributed by atoms with Gasteiger partial charge in [0, 0.05) is 21.7 Å². The monoisotopic (exact) mass is 405 g/mol. The van der Waals surface area contributed by atoms with Gasteiger partial charge in [0.2, 0.25) is 5.91 Å². The van der Waals surface area contributed by atoms with Gasteiger partial charge in [0.15, 0.2) is 0 Å². The van der Waals surface area contributed by atoms with Crippen LogP contribution in [-0.4, -0.2) is 30.8 Å². The van der Waals surface area contributed by atoms with Gasteiger partial charge in [-0.25, -0.2) is 0 Å². The molecule has 0 aromatic carbocycles. The van der Waals surface area contributed by atoms with E-state index < -0.39 is 11.8 Å². The van der Waals surface area contributed by atoms with Crippen molar-refractivity contribution in [2.24, 2.45) is 0 Å². The average Bonchev–Trinajstić information content (AvgIpc) is 3.43. The van der Waals surface area contributed by atoms with Gasteiger partial charge >= 0.3 is 11.8 Å². The summed E-state index contributed by atoms with van der Waals surface area (Å²) in [5.41, 5.74) is 0.00587. The molecule has 1 saturated carbocycles. The summed E-state index contributed by atoms with van der Waals surface area (Å²) in [5.74, 6) is -1.81. The molecule has 2 heterocycles. The summed E-state index contributed by atoms with van der Waals surface area (Å²) in [6, 6.07) is 7.92. The summed E-state index contributed by atoms with van der Waals surface area (Å²) in [6.07, 6.45) is 4.44. The van der Waals surface area contributed by atoms with Crippen LogP contribution in [0.4, 0.5) is 0 Å². The number of nitrogens with one attached hydrogen (secondary N) is 3. The van der Waals surface area contributed by atoms with E-state index >= 15 is 0 Å². The Hall–Kier alpha value is -2.19. The fourth-order valence-electron chi connectivity index (χ4n) is 3.37. The molecule has 0 unspecified atom stereocenters. The standard InChI is InChI=1S/C19H23N3O3S2/c23-16(12-21-18(25)17(24)20-11-14-5-3-9-26-14)22-13-19(7-1-2-8-19)15-6-4-10-27-15/h3-6,9-10H,1-2,7-8,11-13H2,(H,20,24)(H,21,25)(H,22,23). The quantitative estimate of drug-likeness (QED) is 0.617. The lowest BCUT2D eigenvalue weighted by Crippen LogP contribution is -2.46. The maximum Gasteiger partial charge on any atom is 0.309 e. The second-order valence-electron chi connectivity index (χ2n) is 6.69. The molecular formula is C19H23N3O3S2. The van der Waals surface area contributed by atoms with E-state index in [2.05, 4.69) is 27.4 Å². The Morgan fingerprint density at radius 2 is 1.63 bits per heavy atom. The first kappa shape index (κ1) is 19.6. The highest BCUT2D eigenvalue weighted by atomic mass is 32.1. The SMILES string of the molecule is O=C(CNC(=O)C(=O)NCc1cccs1)NCC1(c2cccs2)CCCC1. The highest BCUT2D eigenvalue weighted by molar-refractivity contribution is 7.10. The fourth-order valence-corrected chi connectivity index (χ4v) is 5.01. The summed E-state index contributed by atoms with van der Waals surface area (Å²) < 4.78 is 0. The van der Waals surface area contributed by atoms with Crippen molar-refractivity contribution >= 4 is 40.4 Å². The molecule has 27 heavy (non-hydrogen) atoms. The zero-order valence-corrected chi connectivity index (χ0v) is 16.6. The Morgan fingerprint density at radius 3 is 2.30 bits per heavy atom. The van der Waals surface area contributed by atoms with Crippen LogP contribution in [0.2, 0.25) is 0 Å². The minimum Gasteiger partial charge on any atom is -0.354 e. The Kier molecular flexibility index (Phi) is 6.63. The maximum atomic E-state index is 12.1. The topological polar surface area (TPSA) is 87.3 Å². The highest BCUT2D eigenvalue weighted by Gasteiger charge is 2.36. The largest absolute Gasteiger partial charge is 0.354 e. The molecule has 6 nitrogen and oxygen atoms in total. The number of thiophene rings is 2. The summed E-state index contributed by atoms with van der Waals surface area (Å²) in [6.45, 7) is 0.665. The van der Waals surface area contributed by atoms with Gasteiger partial charge in [0.1, 0.15) is 0 Å². The van der Waals surface area contributed by atoms with E-state index in [0.717, 1.165) is 30.6 Å². The minimum atomic E-state index is -0.796. The lowest BCUT2D eigenvalue weighted by Gasteiger charge is -2.28. The van der Waals surface area contributed by atoms with Gasteiger partial charge in [0.25, 0.3) is 0 Å². The lowest BCUT2D eigenvalue weighted by atomic mass is 9.84. The zero-order chi connectivity index (χ0) is 19.1. The zero-order valence-electron chi connectivity index (χ0n) is 15.0. The molecule has 0 spiro atoms. The molecule has 144 valence electrons. The van der Waals surface area contributed by atoms with Crippen molar-refractivity contribution in [3.8, 4) is 0 Å². The van der Waals surface area contributed by atoms with Gasteiger partial charge in [-0.1, -0.05) is 25.0 Å². The third kappa shape index (κ3) is 5.17. The number of amides is 3. The first-order valence-corrected chi connectivity index (χ1v) is 10.7. The molecule has 3 amide bonds. The number of hydrogen-bond donors (Lipinski definition) is 3. The van der Waals surface area contributed by atoms with Crippen molar-refractivity contribution in [2.75, 3.05) is 13.1 Å². The molecule has 1 aliphatic rings. The van der Waals surface area contributed by atoms with Crippen LogP contribution < -0.4 is 16.0 Å². The first-order valence-electron chi connectivity index (χ1n) is 8.98. The summed E-state index contributed by atoms with van der Waals surface area (Å²) in [5, 5.41) is 11.8. The molecule has 0 bridgehead atoms. The van der Waals surface area contributed by atoms with Crippen LogP contribution in [0, 0.1) is 0 Å². The smallest absolute Gasteiger partial charge is 0.309 e. The van der Waals surface area contributed by atoms with Crippen molar-refractivity contribution in [1.29, 1.82) is 0 Å². The van der Waals surface area contributed by atoms with Gasteiger partial charge in [0.05, 0.1) is 13.1 Å². The van der Waals surface area contributed by atoms with Crippen molar-refractivity contribution in [2.45, 2.75) is 37.6 Å². The van der Waals surface area contributed by atoms with Gasteiger partial charge in [-0.05, 0) is 35.7 Å². The van der Waals surface area contributed by atoms with E-state index in [-0.39, 0.29) is 17.9 Å². The maximum absolute atomic E-state index is 12.1. The molecule has 2 aromatic heterocycles. The second kappa shape index (κ2) is 9.14. The van der Waals surface area contributed by atoms with Crippen molar-refractivity contribution in [1.82, 2.24) is 16.0 Å². The van der Waals surface area contributed by atoms with E-state index in [0.29, 0.717) is 13.1 Å². The Balaban J connectivity index is 1.41. The van der Waals surface area contributed by atoms with E-state index in [9.17, 15) is 14.4 Å². The molecular weight excluding hydrogens is 382 g/mol. The molecule has 0 aliphatic heterocycles. The molecule has 8 heteroatoms. The van der Waals surface area contributed by atoms with E-state index in [1.807, 2.05) is 23.6 Å². The molecule has 2 aromatic rings. The van der Waals surface area contributed by atoms with Crippen molar-refractivity contribution in [3.63, 3.8) is 0 Å². The molecule has 1 fully saturated rings. The number of rotatable bonds is 7. The molecule has 0 saturated heterocycles. The Morgan fingerprint density at radius 1 is 0.926 bits per heavy atom. The number of carbonyl (C=O) groups is 3. The van der Waals surface area contributed by atoms with Crippen LogP contribution in [0.25, 0.3) is 0 Å². The number of hydrogen-bond acceptors (Lipinski definition) is 5. The van der Waals surface area contributed by atoms with Crippen molar-refractivity contribution in [3.05, 3.63) is 44.8 Å². The van der Waals surface area contributed by atoms with Crippen LogP contribution >= 0.6 is 22.7 Å². The van der Waals surface area contributed by atoms with Gasteiger partial charge < -0.3 is 16.0 Å². The van der Waals surface area contributed by atoms with Gasteiger partial charge in [-0.15, -0.1) is 22.7 Å². The minimum absolute atomic E-state index is 0.00587. The summed E-state index contributed by atoms with van der Waals surface area (Å²) >= 11 is 3.23. The predicted molar refractivity (Wildman–Crippen MR) is 107 cm³/mol. The van der Waals surface area contributed by atoms with Crippen LogP contribution in [0.1, 0.15) is 35.4 Å². The summed E-state index contributed by atoms with van der Waals surface area (Å²) in [4.78, 5) is 38.0. The van der Waals surface area contributed by atoms with Gasteiger partial charge in [-0.3, -0.25) is 14.4 Å². The lowest BCUT2D eigenvalue weighted by molar-refractivity contribution is -0.139. The Bertz CT molecular complexity index is 766. The molecule has 1 aliphatic carbocycles.